The number of nitrogens with zero attached hydrogens (tertiary/aromatic N) is 3. The van der Waals surface area contributed by atoms with Crippen LogP contribution in [0.25, 0.3) is 61.6 Å². The van der Waals surface area contributed by atoms with Gasteiger partial charge in [-0.3, -0.25) is 0 Å². The van der Waals surface area contributed by atoms with Crippen LogP contribution in [0.1, 0.15) is 60.1 Å². The lowest BCUT2D eigenvalue weighted by atomic mass is 9.60. The fourth-order valence-electron chi connectivity index (χ4n) is 11.5. The van der Waals surface area contributed by atoms with Crippen molar-refractivity contribution in [3.8, 4) is 56.0 Å². The van der Waals surface area contributed by atoms with Crippen molar-refractivity contribution in [2.24, 2.45) is 0 Å². The average molecular weight is 824 g/mol. The Morgan fingerprint density at radius 2 is 1.23 bits per heavy atom. The van der Waals surface area contributed by atoms with Gasteiger partial charge in [-0.1, -0.05) is 182 Å². The molecule has 308 valence electrons. The first-order valence-corrected chi connectivity index (χ1v) is 23.0. The molecular formula is C61H49N3. The Kier molecular flexibility index (Phi) is 9.26. The van der Waals surface area contributed by atoms with E-state index in [1.54, 1.807) is 0 Å². The highest BCUT2D eigenvalue weighted by molar-refractivity contribution is 5.89. The molecule has 0 radical (unpaired) electrons. The third kappa shape index (κ3) is 6.02. The Balaban J connectivity index is 1.02. The summed E-state index contributed by atoms with van der Waals surface area (Å²) in [4.78, 5) is 13.5. The van der Waals surface area contributed by atoms with Gasteiger partial charge in [0.15, 0.2) is 5.82 Å². The van der Waals surface area contributed by atoms with Crippen molar-refractivity contribution in [2.75, 3.05) is 0 Å². The zero-order valence-electron chi connectivity index (χ0n) is 36.4. The van der Waals surface area contributed by atoms with E-state index >= 15 is 0 Å². The normalized spacial score (nSPS) is 17.9. The summed E-state index contributed by atoms with van der Waals surface area (Å²) in [5.74, 6) is 0.748. The molecule has 0 fully saturated rings. The minimum Gasteiger partial charge on any atom is -0.338 e. The predicted octanol–water partition coefficient (Wildman–Crippen LogP) is 15.0. The highest BCUT2D eigenvalue weighted by Crippen LogP contribution is 2.63. The lowest BCUT2D eigenvalue weighted by Crippen LogP contribution is -2.45. The molecule has 12 rings (SSSR count). The molecule has 6 aromatic carbocycles. The second-order valence-corrected chi connectivity index (χ2v) is 17.9. The first-order chi connectivity index (χ1) is 31.6. The molecule has 0 saturated heterocycles. The Labute approximate surface area is 376 Å². The van der Waals surface area contributed by atoms with Gasteiger partial charge in [-0.05, 0) is 130 Å². The molecule has 1 aliphatic heterocycles. The van der Waals surface area contributed by atoms with Crippen molar-refractivity contribution < 1.29 is 0 Å². The summed E-state index contributed by atoms with van der Waals surface area (Å²) in [5.41, 5.74) is 23.7. The van der Waals surface area contributed by atoms with Crippen molar-refractivity contribution in [1.82, 2.24) is 14.9 Å². The van der Waals surface area contributed by atoms with Gasteiger partial charge in [-0.15, -0.1) is 0 Å². The maximum absolute atomic E-state index is 5.45. The second-order valence-electron chi connectivity index (χ2n) is 17.9. The molecule has 64 heavy (non-hydrogen) atoms. The third-order valence-corrected chi connectivity index (χ3v) is 14.4. The largest absolute Gasteiger partial charge is 0.338 e. The molecule has 3 heteroatoms. The van der Waals surface area contributed by atoms with Crippen LogP contribution in [0.5, 0.6) is 0 Å². The summed E-state index contributed by atoms with van der Waals surface area (Å²) in [6.45, 7) is 4.44. The van der Waals surface area contributed by atoms with Crippen LogP contribution >= 0.6 is 0 Å². The number of fused-ring (bicyclic) bond motifs is 7. The van der Waals surface area contributed by atoms with Gasteiger partial charge in [-0.25, -0.2) is 9.97 Å². The molecule has 1 spiro atoms. The Bertz CT molecular complexity index is 3160. The van der Waals surface area contributed by atoms with Crippen LogP contribution in [-0.2, 0) is 5.41 Å². The molecule has 2 heterocycles. The van der Waals surface area contributed by atoms with Gasteiger partial charge < -0.3 is 4.90 Å². The number of aryl methyl sites for hydroxylation is 1. The van der Waals surface area contributed by atoms with E-state index < -0.39 is 5.41 Å². The molecule has 0 N–H and O–H groups in total. The first kappa shape index (κ1) is 38.3. The molecule has 1 atom stereocenters. The number of hydrogen-bond acceptors (Lipinski definition) is 3. The van der Waals surface area contributed by atoms with Crippen LogP contribution in [0.3, 0.4) is 0 Å². The summed E-state index contributed by atoms with van der Waals surface area (Å²) < 4.78 is 0. The molecule has 0 amide bonds. The maximum Gasteiger partial charge on any atom is 0.160 e. The van der Waals surface area contributed by atoms with Crippen LogP contribution in [0.2, 0.25) is 0 Å². The minimum absolute atomic E-state index is 0.258. The lowest BCUT2D eigenvalue weighted by molar-refractivity contribution is 0.327. The summed E-state index contributed by atoms with van der Waals surface area (Å²) in [6, 6.07) is 55.7. The summed E-state index contributed by atoms with van der Waals surface area (Å²) >= 11 is 0. The molecule has 1 unspecified atom stereocenters. The lowest BCUT2D eigenvalue weighted by Gasteiger charge is -2.51. The van der Waals surface area contributed by atoms with Gasteiger partial charge in [0.2, 0.25) is 0 Å². The number of allylic oxidation sites excluding steroid dienone is 9. The smallest absolute Gasteiger partial charge is 0.160 e. The topological polar surface area (TPSA) is 29.0 Å². The Morgan fingerprint density at radius 1 is 0.562 bits per heavy atom. The van der Waals surface area contributed by atoms with Crippen LogP contribution in [0.15, 0.2) is 217 Å². The summed E-state index contributed by atoms with van der Waals surface area (Å²) in [6.07, 6.45) is 21.4. The van der Waals surface area contributed by atoms with Gasteiger partial charge in [0.1, 0.15) is 0 Å². The zero-order chi connectivity index (χ0) is 42.8. The highest BCUT2D eigenvalue weighted by Gasteiger charge is 2.54. The van der Waals surface area contributed by atoms with Gasteiger partial charge >= 0.3 is 0 Å². The second kappa shape index (κ2) is 15.5. The van der Waals surface area contributed by atoms with E-state index in [-0.39, 0.29) is 6.04 Å². The van der Waals surface area contributed by atoms with Gasteiger partial charge in [0, 0.05) is 22.5 Å². The molecule has 7 aromatic rings. The van der Waals surface area contributed by atoms with Crippen LogP contribution < -0.4 is 0 Å². The SMILES string of the molecule is Cc1ccccc1-c1cccc(-c2ccc(-c3cc(C4=CC5=C(CC4)N(C4C=CC=CC4)C4=C(CCC=C4)C54c5ccccc5-c5ccccc54)nc(-c4ccccc4)n3)cc2)c1C. The van der Waals surface area contributed by atoms with Crippen LogP contribution in [-0.4, -0.2) is 20.9 Å². The van der Waals surface area contributed by atoms with E-state index in [4.69, 9.17) is 9.97 Å². The molecule has 0 bridgehead atoms. The van der Waals surface area contributed by atoms with Gasteiger partial charge in [-0.2, -0.15) is 0 Å². The van der Waals surface area contributed by atoms with Gasteiger partial charge in [0.05, 0.1) is 22.8 Å². The van der Waals surface area contributed by atoms with Crippen LogP contribution in [0.4, 0.5) is 0 Å². The standard InChI is InChI=1S/C61H49N3/c1-40-18-9-10-23-47(40)49-27-17-26-48(41(49)2)42-32-34-43(35-33-42)56-39-57(63-60(62-56)44-19-5-3-6-20-44)45-36-37-59-55(38-45)61(52-28-13-11-24-50(52)51-25-12-14-29-53(51)61)54-30-15-16-31-58(54)64(59)46-21-7-4-8-22-46/h3-14,16-21,23-29,31-35,38-39,46H,15,22,30,36-37H2,1-2H3. The predicted molar refractivity (Wildman–Crippen MR) is 264 cm³/mol. The van der Waals surface area contributed by atoms with Crippen molar-refractivity contribution >= 4 is 5.57 Å². The van der Waals surface area contributed by atoms with E-state index in [1.165, 1.54) is 83.7 Å². The van der Waals surface area contributed by atoms with E-state index in [2.05, 4.69) is 213 Å². The number of hydrogen-bond donors (Lipinski definition) is 0. The van der Waals surface area contributed by atoms with E-state index in [9.17, 15) is 0 Å². The molecule has 1 aromatic heterocycles. The van der Waals surface area contributed by atoms with Crippen molar-refractivity contribution in [1.29, 1.82) is 0 Å². The van der Waals surface area contributed by atoms with E-state index in [0.29, 0.717) is 0 Å². The number of aromatic nitrogens is 2. The molecule has 4 aliphatic carbocycles. The fourth-order valence-corrected chi connectivity index (χ4v) is 11.5. The minimum atomic E-state index is -0.401. The molecule has 5 aliphatic rings. The van der Waals surface area contributed by atoms with E-state index in [1.807, 2.05) is 0 Å². The Morgan fingerprint density at radius 3 is 1.98 bits per heavy atom. The monoisotopic (exact) mass is 823 g/mol. The van der Waals surface area contributed by atoms with Crippen molar-refractivity contribution in [3.63, 3.8) is 0 Å². The van der Waals surface area contributed by atoms with Crippen molar-refractivity contribution in [2.45, 2.75) is 57.4 Å². The third-order valence-electron chi connectivity index (χ3n) is 14.4. The average Bonchev–Trinajstić information content (AvgIpc) is 3.65. The number of benzene rings is 6. The van der Waals surface area contributed by atoms with Gasteiger partial charge in [0.25, 0.3) is 0 Å². The quantitative estimate of drug-likeness (QED) is 0.167. The molecule has 0 saturated carbocycles. The zero-order valence-corrected chi connectivity index (χ0v) is 36.4. The summed E-state index contributed by atoms with van der Waals surface area (Å²) in [5, 5.41) is 0. The summed E-state index contributed by atoms with van der Waals surface area (Å²) in [7, 11) is 0. The first-order valence-electron chi connectivity index (χ1n) is 23.0. The van der Waals surface area contributed by atoms with Crippen molar-refractivity contribution in [3.05, 3.63) is 245 Å². The number of rotatable bonds is 6. The maximum atomic E-state index is 5.45. The fraction of sp³-hybridized carbons (Fsp3) is 0.148. The Hall–Kier alpha value is -7.36. The van der Waals surface area contributed by atoms with E-state index in [0.717, 1.165) is 60.4 Å². The highest BCUT2D eigenvalue weighted by atomic mass is 15.2. The van der Waals surface area contributed by atoms with Crippen LogP contribution in [0, 0.1) is 13.8 Å². The molecular weight excluding hydrogens is 775 g/mol. The molecule has 3 nitrogen and oxygen atoms in total.